The first-order chi connectivity index (χ1) is 8.67. The summed E-state index contributed by atoms with van der Waals surface area (Å²) in [6.45, 7) is 2.01. The van der Waals surface area contributed by atoms with Crippen molar-refractivity contribution in [2.45, 2.75) is 6.92 Å². The molecule has 0 saturated heterocycles. The summed E-state index contributed by atoms with van der Waals surface area (Å²) >= 11 is 1.53. The number of nitrogens with two attached hydrogens (primary N) is 1. The largest absolute Gasteiger partial charge is 0.497 e. The van der Waals surface area contributed by atoms with Crippen molar-refractivity contribution in [3.05, 3.63) is 29.1 Å². The van der Waals surface area contributed by atoms with Crippen molar-refractivity contribution in [3.8, 4) is 17.2 Å². The molecular formula is C13H12N2O2S. The molecule has 1 aromatic carbocycles. The van der Waals surface area contributed by atoms with Crippen LogP contribution >= 0.6 is 11.3 Å². The molecule has 2 N–H and O–H groups in total. The third kappa shape index (κ3) is 1.73. The van der Waals surface area contributed by atoms with Crippen LogP contribution in [0.5, 0.6) is 5.75 Å². The van der Waals surface area contributed by atoms with Gasteiger partial charge < -0.3 is 14.9 Å². The molecule has 0 spiro atoms. The van der Waals surface area contributed by atoms with E-state index in [-0.39, 0.29) is 0 Å². The molecule has 0 atom stereocenters. The fraction of sp³-hybridized carbons (Fsp3) is 0.154. The van der Waals surface area contributed by atoms with Gasteiger partial charge >= 0.3 is 0 Å². The standard InChI is InChI=1S/C13H12N2O2S/c1-7-5-9(12(14)18-7)13-15-10-6-8(16-2)3-4-11(10)17-13/h3-6H,14H2,1-2H3. The zero-order valence-corrected chi connectivity index (χ0v) is 10.9. The molecule has 2 aromatic heterocycles. The molecule has 0 aliphatic heterocycles. The van der Waals surface area contributed by atoms with Crippen LogP contribution in [0.3, 0.4) is 0 Å². The second-order valence-electron chi connectivity index (χ2n) is 3.99. The van der Waals surface area contributed by atoms with Crippen molar-refractivity contribution in [1.82, 2.24) is 4.98 Å². The molecule has 0 fully saturated rings. The number of rotatable bonds is 2. The third-order valence-electron chi connectivity index (χ3n) is 2.71. The van der Waals surface area contributed by atoms with E-state index >= 15 is 0 Å². The maximum atomic E-state index is 5.95. The summed E-state index contributed by atoms with van der Waals surface area (Å²) in [5.41, 5.74) is 8.30. The molecule has 3 rings (SSSR count). The van der Waals surface area contributed by atoms with Crippen LogP contribution < -0.4 is 10.5 Å². The summed E-state index contributed by atoms with van der Waals surface area (Å²) in [5.74, 6) is 1.32. The van der Waals surface area contributed by atoms with E-state index in [4.69, 9.17) is 14.9 Å². The van der Waals surface area contributed by atoms with E-state index in [0.717, 1.165) is 32.3 Å². The number of hydrogen-bond acceptors (Lipinski definition) is 5. The van der Waals surface area contributed by atoms with Crippen LogP contribution in [-0.4, -0.2) is 12.1 Å². The normalized spacial score (nSPS) is 11.0. The summed E-state index contributed by atoms with van der Waals surface area (Å²) in [6, 6.07) is 7.53. The van der Waals surface area contributed by atoms with Gasteiger partial charge in [-0.25, -0.2) is 4.98 Å². The molecule has 0 amide bonds. The van der Waals surface area contributed by atoms with Gasteiger partial charge in [0.1, 0.15) is 11.3 Å². The molecule has 5 heteroatoms. The summed E-state index contributed by atoms with van der Waals surface area (Å²) in [4.78, 5) is 5.59. The highest BCUT2D eigenvalue weighted by Gasteiger charge is 2.13. The number of aromatic nitrogens is 1. The van der Waals surface area contributed by atoms with Crippen molar-refractivity contribution in [2.75, 3.05) is 12.8 Å². The number of methoxy groups -OCH3 is 1. The Morgan fingerprint density at radius 2 is 2.17 bits per heavy atom. The van der Waals surface area contributed by atoms with Gasteiger partial charge in [0.05, 0.1) is 17.7 Å². The molecule has 0 bridgehead atoms. The summed E-state index contributed by atoms with van der Waals surface area (Å²) in [6.07, 6.45) is 0. The minimum absolute atomic E-state index is 0.556. The molecule has 92 valence electrons. The Morgan fingerprint density at radius 1 is 1.33 bits per heavy atom. The van der Waals surface area contributed by atoms with Gasteiger partial charge in [-0.3, -0.25) is 0 Å². The predicted molar refractivity (Wildman–Crippen MR) is 73.0 cm³/mol. The lowest BCUT2D eigenvalue weighted by Gasteiger charge is -1.95. The van der Waals surface area contributed by atoms with Gasteiger partial charge in [-0.05, 0) is 25.1 Å². The zero-order valence-electron chi connectivity index (χ0n) is 10.1. The number of oxazole rings is 1. The molecule has 0 aliphatic rings. The van der Waals surface area contributed by atoms with Crippen molar-refractivity contribution >= 4 is 27.4 Å². The topological polar surface area (TPSA) is 61.3 Å². The van der Waals surface area contributed by atoms with Crippen LogP contribution in [0.1, 0.15) is 4.88 Å². The first kappa shape index (κ1) is 11.1. The number of nitrogens with zero attached hydrogens (tertiary/aromatic N) is 1. The Bertz CT molecular complexity index is 715. The van der Waals surface area contributed by atoms with Gasteiger partial charge in [-0.2, -0.15) is 0 Å². The zero-order chi connectivity index (χ0) is 12.7. The van der Waals surface area contributed by atoms with Crippen molar-refractivity contribution in [3.63, 3.8) is 0 Å². The molecule has 0 unspecified atom stereocenters. The van der Waals surface area contributed by atoms with E-state index in [9.17, 15) is 0 Å². The smallest absolute Gasteiger partial charge is 0.230 e. The van der Waals surface area contributed by atoms with Gasteiger partial charge in [0, 0.05) is 10.9 Å². The van der Waals surface area contributed by atoms with Crippen molar-refractivity contribution in [1.29, 1.82) is 0 Å². The van der Waals surface area contributed by atoms with E-state index in [1.54, 1.807) is 7.11 Å². The van der Waals surface area contributed by atoms with Crippen LogP contribution in [0.15, 0.2) is 28.7 Å². The molecule has 2 heterocycles. The quantitative estimate of drug-likeness (QED) is 0.766. The number of nitrogen functional groups attached to an aromatic ring is 1. The molecule has 4 nitrogen and oxygen atoms in total. The fourth-order valence-corrected chi connectivity index (χ4v) is 2.63. The lowest BCUT2D eigenvalue weighted by molar-refractivity contribution is 0.415. The first-order valence-corrected chi connectivity index (χ1v) is 6.30. The monoisotopic (exact) mass is 260 g/mol. The summed E-state index contributed by atoms with van der Waals surface area (Å²) in [7, 11) is 1.63. The molecule has 3 aromatic rings. The Labute approximate surface area is 108 Å². The lowest BCUT2D eigenvalue weighted by atomic mass is 10.3. The van der Waals surface area contributed by atoms with E-state index in [0.29, 0.717) is 5.89 Å². The Morgan fingerprint density at radius 3 is 2.83 bits per heavy atom. The van der Waals surface area contributed by atoms with Crippen LogP contribution in [0.25, 0.3) is 22.6 Å². The average Bonchev–Trinajstić information content (AvgIpc) is 2.90. The highest BCUT2D eigenvalue weighted by Crippen LogP contribution is 2.35. The maximum absolute atomic E-state index is 5.95. The highest BCUT2D eigenvalue weighted by molar-refractivity contribution is 7.16. The van der Waals surface area contributed by atoms with Crippen molar-refractivity contribution < 1.29 is 9.15 Å². The lowest BCUT2D eigenvalue weighted by Crippen LogP contribution is -1.83. The molecule has 0 radical (unpaired) electrons. The van der Waals surface area contributed by atoms with Gasteiger partial charge in [0.2, 0.25) is 5.89 Å². The van der Waals surface area contributed by atoms with E-state index < -0.39 is 0 Å². The minimum Gasteiger partial charge on any atom is -0.497 e. The molecular weight excluding hydrogens is 248 g/mol. The number of ether oxygens (including phenoxy) is 1. The second kappa shape index (κ2) is 4.03. The number of aryl methyl sites for hydroxylation is 1. The second-order valence-corrected chi connectivity index (χ2v) is 5.28. The SMILES string of the molecule is COc1ccc2oc(-c3cc(C)sc3N)nc2c1. The number of benzene rings is 1. The molecule has 0 aliphatic carbocycles. The molecule has 18 heavy (non-hydrogen) atoms. The Hall–Kier alpha value is -2.01. The van der Waals surface area contributed by atoms with E-state index in [1.165, 1.54) is 11.3 Å². The van der Waals surface area contributed by atoms with Crippen molar-refractivity contribution in [2.24, 2.45) is 0 Å². The van der Waals surface area contributed by atoms with E-state index in [2.05, 4.69) is 4.98 Å². The van der Waals surface area contributed by atoms with Gasteiger partial charge in [-0.1, -0.05) is 0 Å². The summed E-state index contributed by atoms with van der Waals surface area (Å²) in [5, 5.41) is 0.728. The van der Waals surface area contributed by atoms with Gasteiger partial charge in [0.15, 0.2) is 5.58 Å². The first-order valence-electron chi connectivity index (χ1n) is 5.48. The van der Waals surface area contributed by atoms with Crippen LogP contribution in [0.2, 0.25) is 0 Å². The Balaban J connectivity index is 2.16. The minimum atomic E-state index is 0.556. The fourth-order valence-electron chi connectivity index (χ4n) is 1.85. The van der Waals surface area contributed by atoms with Gasteiger partial charge in [-0.15, -0.1) is 11.3 Å². The van der Waals surface area contributed by atoms with Crippen LogP contribution in [-0.2, 0) is 0 Å². The number of anilines is 1. The number of hydrogen-bond donors (Lipinski definition) is 1. The van der Waals surface area contributed by atoms with Crippen LogP contribution in [0.4, 0.5) is 5.00 Å². The van der Waals surface area contributed by atoms with Gasteiger partial charge in [0.25, 0.3) is 0 Å². The maximum Gasteiger partial charge on any atom is 0.230 e. The molecule has 0 saturated carbocycles. The Kier molecular flexibility index (Phi) is 2.48. The summed E-state index contributed by atoms with van der Waals surface area (Å²) < 4.78 is 10.9. The average molecular weight is 260 g/mol. The predicted octanol–water partition coefficient (Wildman–Crippen LogP) is 3.46. The number of thiophene rings is 1. The third-order valence-corrected chi connectivity index (χ3v) is 3.59. The number of fused-ring (bicyclic) bond motifs is 1. The van der Waals surface area contributed by atoms with E-state index in [1.807, 2.05) is 31.2 Å². The highest BCUT2D eigenvalue weighted by atomic mass is 32.1. The van der Waals surface area contributed by atoms with Crippen LogP contribution in [0, 0.1) is 6.92 Å².